The number of nitrogens with one attached hydrogen (secondary N) is 2. The normalized spacial score (nSPS) is 17.3. The van der Waals surface area contributed by atoms with Crippen molar-refractivity contribution in [3.63, 3.8) is 0 Å². The SMILES string of the molecule is CN=C(NCC(C)c1ccc(C)cc1)NC1CCN(Cc2ccccn2)CC1. The van der Waals surface area contributed by atoms with E-state index in [1.807, 2.05) is 19.3 Å². The second-order valence-corrected chi connectivity index (χ2v) is 7.78. The quantitative estimate of drug-likeness (QED) is 0.597. The predicted molar refractivity (Wildman–Crippen MR) is 117 cm³/mol. The Hall–Kier alpha value is -2.40. The minimum absolute atomic E-state index is 0.444. The molecule has 1 aliphatic heterocycles. The molecule has 1 aromatic carbocycles. The van der Waals surface area contributed by atoms with Gasteiger partial charge >= 0.3 is 0 Å². The second kappa shape index (κ2) is 10.2. The maximum Gasteiger partial charge on any atom is 0.191 e. The molecule has 5 nitrogen and oxygen atoms in total. The fourth-order valence-corrected chi connectivity index (χ4v) is 3.61. The van der Waals surface area contributed by atoms with Crippen LogP contribution in [0.5, 0.6) is 0 Å². The van der Waals surface area contributed by atoms with Crippen LogP contribution in [0.1, 0.15) is 42.5 Å². The van der Waals surface area contributed by atoms with Gasteiger partial charge in [0.25, 0.3) is 0 Å². The molecule has 0 saturated carbocycles. The van der Waals surface area contributed by atoms with E-state index in [2.05, 4.69) is 75.8 Å². The molecule has 0 amide bonds. The van der Waals surface area contributed by atoms with Crippen molar-refractivity contribution in [3.05, 3.63) is 65.5 Å². The average molecular weight is 380 g/mol. The molecule has 150 valence electrons. The number of rotatable bonds is 6. The lowest BCUT2D eigenvalue weighted by atomic mass is 10.00. The van der Waals surface area contributed by atoms with E-state index in [1.165, 1.54) is 11.1 Å². The van der Waals surface area contributed by atoms with Crippen LogP contribution in [0.25, 0.3) is 0 Å². The Morgan fingerprint density at radius 3 is 2.57 bits per heavy atom. The summed E-state index contributed by atoms with van der Waals surface area (Å²) in [5.41, 5.74) is 3.81. The van der Waals surface area contributed by atoms with Crippen LogP contribution >= 0.6 is 0 Å². The Labute approximate surface area is 169 Å². The Kier molecular flexibility index (Phi) is 7.43. The van der Waals surface area contributed by atoms with Crippen molar-refractivity contribution in [3.8, 4) is 0 Å². The number of benzene rings is 1. The Bertz CT molecular complexity index is 733. The van der Waals surface area contributed by atoms with Gasteiger partial charge in [0.1, 0.15) is 0 Å². The van der Waals surface area contributed by atoms with Gasteiger partial charge in [-0.05, 0) is 43.4 Å². The number of likely N-dealkylation sites (tertiary alicyclic amines) is 1. The topological polar surface area (TPSA) is 52.6 Å². The highest BCUT2D eigenvalue weighted by molar-refractivity contribution is 5.80. The summed E-state index contributed by atoms with van der Waals surface area (Å²) < 4.78 is 0. The first-order chi connectivity index (χ1) is 13.6. The van der Waals surface area contributed by atoms with Crippen molar-refractivity contribution < 1.29 is 0 Å². The van der Waals surface area contributed by atoms with Crippen LogP contribution < -0.4 is 10.6 Å². The number of pyridine rings is 1. The molecule has 1 saturated heterocycles. The van der Waals surface area contributed by atoms with Crippen LogP contribution in [-0.4, -0.2) is 48.6 Å². The monoisotopic (exact) mass is 379 g/mol. The number of aromatic nitrogens is 1. The van der Waals surface area contributed by atoms with Crippen LogP contribution in [0.15, 0.2) is 53.7 Å². The minimum atomic E-state index is 0.444. The van der Waals surface area contributed by atoms with Gasteiger partial charge in [-0.2, -0.15) is 0 Å². The Balaban J connectivity index is 1.41. The lowest BCUT2D eigenvalue weighted by Crippen LogP contribution is -2.49. The number of aryl methyl sites for hydroxylation is 1. The summed E-state index contributed by atoms with van der Waals surface area (Å²) in [6, 6.07) is 15.4. The van der Waals surface area contributed by atoms with Crippen molar-refractivity contribution >= 4 is 5.96 Å². The van der Waals surface area contributed by atoms with Gasteiger partial charge in [0.2, 0.25) is 0 Å². The molecule has 28 heavy (non-hydrogen) atoms. The van der Waals surface area contributed by atoms with Crippen molar-refractivity contribution in [2.24, 2.45) is 4.99 Å². The summed E-state index contributed by atoms with van der Waals surface area (Å²) in [4.78, 5) is 11.3. The molecule has 3 rings (SSSR count). The van der Waals surface area contributed by atoms with Crippen molar-refractivity contribution in [1.29, 1.82) is 0 Å². The summed E-state index contributed by atoms with van der Waals surface area (Å²) >= 11 is 0. The summed E-state index contributed by atoms with van der Waals surface area (Å²) in [6.07, 6.45) is 4.12. The first-order valence-electron chi connectivity index (χ1n) is 10.3. The molecule has 1 unspecified atom stereocenters. The van der Waals surface area contributed by atoms with Crippen molar-refractivity contribution in [2.75, 3.05) is 26.7 Å². The second-order valence-electron chi connectivity index (χ2n) is 7.78. The third-order valence-corrected chi connectivity index (χ3v) is 5.49. The average Bonchev–Trinajstić information content (AvgIpc) is 2.73. The summed E-state index contributed by atoms with van der Waals surface area (Å²) in [7, 11) is 1.85. The van der Waals surface area contributed by atoms with Gasteiger partial charge in [-0.15, -0.1) is 0 Å². The molecule has 2 N–H and O–H groups in total. The van der Waals surface area contributed by atoms with E-state index in [0.717, 1.165) is 50.7 Å². The number of guanidine groups is 1. The first kappa shape index (κ1) is 20.3. The molecule has 1 aliphatic rings. The highest BCUT2D eigenvalue weighted by Gasteiger charge is 2.20. The fraction of sp³-hybridized carbons (Fsp3) is 0.478. The van der Waals surface area contributed by atoms with Gasteiger partial charge in [-0.1, -0.05) is 42.8 Å². The lowest BCUT2D eigenvalue weighted by Gasteiger charge is -2.33. The predicted octanol–water partition coefficient (Wildman–Crippen LogP) is 3.32. The highest BCUT2D eigenvalue weighted by Crippen LogP contribution is 2.15. The van der Waals surface area contributed by atoms with Gasteiger partial charge in [0, 0.05) is 45.5 Å². The molecule has 1 atom stereocenters. The third kappa shape index (κ3) is 6.06. The molecular formula is C23H33N5. The zero-order valence-electron chi connectivity index (χ0n) is 17.4. The van der Waals surface area contributed by atoms with Gasteiger partial charge in [0.05, 0.1) is 5.69 Å². The summed E-state index contributed by atoms with van der Waals surface area (Å²) in [6.45, 7) is 8.37. The Morgan fingerprint density at radius 2 is 1.93 bits per heavy atom. The zero-order chi connectivity index (χ0) is 19.8. The van der Waals surface area contributed by atoms with Crippen molar-refractivity contribution in [2.45, 2.75) is 45.2 Å². The van der Waals surface area contributed by atoms with E-state index >= 15 is 0 Å². The van der Waals surface area contributed by atoms with E-state index in [0.29, 0.717) is 12.0 Å². The molecule has 1 aromatic heterocycles. The minimum Gasteiger partial charge on any atom is -0.356 e. The maximum absolute atomic E-state index is 4.44. The number of piperidine rings is 1. The summed E-state index contributed by atoms with van der Waals surface area (Å²) in [5, 5.41) is 7.10. The van der Waals surface area contributed by atoms with E-state index in [9.17, 15) is 0 Å². The number of nitrogens with zero attached hydrogens (tertiary/aromatic N) is 3. The molecular weight excluding hydrogens is 346 g/mol. The van der Waals surface area contributed by atoms with Gasteiger partial charge in [0.15, 0.2) is 5.96 Å². The summed E-state index contributed by atoms with van der Waals surface area (Å²) in [5.74, 6) is 1.35. The molecule has 0 radical (unpaired) electrons. The van der Waals surface area contributed by atoms with E-state index < -0.39 is 0 Å². The van der Waals surface area contributed by atoms with Gasteiger partial charge in [-0.25, -0.2) is 0 Å². The molecule has 2 aromatic rings. The molecule has 5 heteroatoms. The zero-order valence-corrected chi connectivity index (χ0v) is 17.4. The molecule has 2 heterocycles. The fourth-order valence-electron chi connectivity index (χ4n) is 3.61. The van der Waals surface area contributed by atoms with Crippen LogP contribution in [0.3, 0.4) is 0 Å². The van der Waals surface area contributed by atoms with Gasteiger partial charge in [-0.3, -0.25) is 14.9 Å². The van der Waals surface area contributed by atoms with Crippen LogP contribution in [0, 0.1) is 6.92 Å². The maximum atomic E-state index is 4.44. The van der Waals surface area contributed by atoms with E-state index in [-0.39, 0.29) is 0 Å². The van der Waals surface area contributed by atoms with Crippen molar-refractivity contribution in [1.82, 2.24) is 20.5 Å². The van der Waals surface area contributed by atoms with E-state index in [1.54, 1.807) is 0 Å². The molecule has 0 bridgehead atoms. The van der Waals surface area contributed by atoms with Gasteiger partial charge < -0.3 is 10.6 Å². The molecule has 0 spiro atoms. The standard InChI is InChI=1S/C23H33N5/c1-18-7-9-20(10-8-18)19(2)16-26-23(24-3)27-21-11-14-28(15-12-21)17-22-6-4-5-13-25-22/h4-10,13,19,21H,11-12,14-17H2,1-3H3,(H2,24,26,27). The Morgan fingerprint density at radius 1 is 1.18 bits per heavy atom. The number of hydrogen-bond donors (Lipinski definition) is 2. The largest absolute Gasteiger partial charge is 0.356 e. The third-order valence-electron chi connectivity index (χ3n) is 5.49. The molecule has 1 fully saturated rings. The van der Waals surface area contributed by atoms with E-state index in [4.69, 9.17) is 0 Å². The van der Waals surface area contributed by atoms with Crippen LogP contribution in [0.4, 0.5) is 0 Å². The van der Waals surface area contributed by atoms with Crippen LogP contribution in [-0.2, 0) is 6.54 Å². The number of aliphatic imine (C=N–C) groups is 1. The van der Waals surface area contributed by atoms with Crippen LogP contribution in [0.2, 0.25) is 0 Å². The molecule has 0 aliphatic carbocycles. The first-order valence-corrected chi connectivity index (χ1v) is 10.3. The smallest absolute Gasteiger partial charge is 0.191 e. The lowest BCUT2D eigenvalue weighted by molar-refractivity contribution is 0.196. The highest BCUT2D eigenvalue weighted by atomic mass is 15.2. The number of hydrogen-bond acceptors (Lipinski definition) is 3.